The fourth-order valence-corrected chi connectivity index (χ4v) is 2.81. The second kappa shape index (κ2) is 7.61. The SMILES string of the molecule is COc1ccc(CN2CCN(C(=O)C(C)C)CC2CO)cc1. The van der Waals surface area contributed by atoms with E-state index in [0.717, 1.165) is 25.4 Å². The van der Waals surface area contributed by atoms with Crippen molar-refractivity contribution in [3.63, 3.8) is 0 Å². The number of aliphatic hydroxyl groups is 1. The smallest absolute Gasteiger partial charge is 0.225 e. The van der Waals surface area contributed by atoms with Crippen LogP contribution in [0.15, 0.2) is 24.3 Å². The molecule has 1 fully saturated rings. The Morgan fingerprint density at radius 1 is 1.32 bits per heavy atom. The molecule has 1 heterocycles. The lowest BCUT2D eigenvalue weighted by Gasteiger charge is -2.41. The van der Waals surface area contributed by atoms with Crippen molar-refractivity contribution in [1.29, 1.82) is 0 Å². The van der Waals surface area contributed by atoms with Gasteiger partial charge < -0.3 is 14.7 Å². The number of aliphatic hydroxyl groups excluding tert-OH is 1. The molecular formula is C17H26N2O3. The largest absolute Gasteiger partial charge is 0.497 e. The van der Waals surface area contributed by atoms with Gasteiger partial charge in [-0.3, -0.25) is 9.69 Å². The van der Waals surface area contributed by atoms with E-state index in [1.54, 1.807) is 7.11 Å². The first kappa shape index (κ1) is 16.8. The molecule has 5 heteroatoms. The predicted molar refractivity (Wildman–Crippen MR) is 85.7 cm³/mol. The third-order valence-corrected chi connectivity index (χ3v) is 4.17. The number of carbonyl (C=O) groups is 1. The van der Waals surface area contributed by atoms with Gasteiger partial charge in [0.1, 0.15) is 5.75 Å². The predicted octanol–water partition coefficient (Wildman–Crippen LogP) is 1.36. The number of nitrogens with zero attached hydrogens (tertiary/aromatic N) is 2. The van der Waals surface area contributed by atoms with Crippen molar-refractivity contribution in [1.82, 2.24) is 9.80 Å². The van der Waals surface area contributed by atoms with Gasteiger partial charge in [0.15, 0.2) is 0 Å². The Bertz CT molecular complexity index is 487. The van der Waals surface area contributed by atoms with Gasteiger partial charge in [-0.25, -0.2) is 0 Å². The summed E-state index contributed by atoms with van der Waals surface area (Å²) in [7, 11) is 1.65. The molecule has 0 bridgehead atoms. The van der Waals surface area contributed by atoms with E-state index in [-0.39, 0.29) is 24.5 Å². The molecule has 1 aliphatic heterocycles. The van der Waals surface area contributed by atoms with Crippen LogP contribution in [0, 0.1) is 5.92 Å². The molecule has 1 amide bonds. The molecule has 0 spiro atoms. The van der Waals surface area contributed by atoms with E-state index in [1.807, 2.05) is 43.0 Å². The van der Waals surface area contributed by atoms with Crippen molar-refractivity contribution in [2.24, 2.45) is 5.92 Å². The number of ether oxygens (including phenoxy) is 1. The molecule has 1 saturated heterocycles. The third kappa shape index (κ3) is 3.99. The molecule has 1 aliphatic rings. The molecule has 0 aromatic heterocycles. The van der Waals surface area contributed by atoms with Crippen LogP contribution in [0.1, 0.15) is 19.4 Å². The second-order valence-corrected chi connectivity index (χ2v) is 6.09. The fourth-order valence-electron chi connectivity index (χ4n) is 2.81. The Balaban J connectivity index is 1.98. The lowest BCUT2D eigenvalue weighted by atomic mass is 10.1. The highest BCUT2D eigenvalue weighted by molar-refractivity contribution is 5.78. The topological polar surface area (TPSA) is 53.0 Å². The van der Waals surface area contributed by atoms with Crippen LogP contribution < -0.4 is 4.74 Å². The van der Waals surface area contributed by atoms with Crippen molar-refractivity contribution in [2.75, 3.05) is 33.4 Å². The Labute approximate surface area is 132 Å². The minimum Gasteiger partial charge on any atom is -0.497 e. The van der Waals surface area contributed by atoms with Crippen molar-refractivity contribution < 1.29 is 14.6 Å². The number of hydrogen-bond donors (Lipinski definition) is 1. The molecule has 1 atom stereocenters. The number of amides is 1. The number of piperazine rings is 1. The monoisotopic (exact) mass is 306 g/mol. The van der Waals surface area contributed by atoms with Gasteiger partial charge in [0.05, 0.1) is 19.8 Å². The van der Waals surface area contributed by atoms with E-state index >= 15 is 0 Å². The molecule has 0 aliphatic carbocycles. The van der Waals surface area contributed by atoms with Gasteiger partial charge in [0.2, 0.25) is 5.91 Å². The summed E-state index contributed by atoms with van der Waals surface area (Å²) in [5, 5.41) is 9.66. The lowest BCUT2D eigenvalue weighted by Crippen LogP contribution is -2.56. The number of hydrogen-bond acceptors (Lipinski definition) is 4. The summed E-state index contributed by atoms with van der Waals surface area (Å²) in [5.41, 5.74) is 1.18. The fraction of sp³-hybridized carbons (Fsp3) is 0.588. The van der Waals surface area contributed by atoms with Crippen LogP contribution in [-0.4, -0.2) is 60.2 Å². The average Bonchev–Trinajstić information content (AvgIpc) is 2.55. The first-order valence-electron chi connectivity index (χ1n) is 7.81. The van der Waals surface area contributed by atoms with Gasteiger partial charge in [-0.2, -0.15) is 0 Å². The molecular weight excluding hydrogens is 280 g/mol. The van der Waals surface area contributed by atoms with Crippen LogP contribution in [0.2, 0.25) is 0 Å². The highest BCUT2D eigenvalue weighted by Crippen LogP contribution is 2.18. The quantitative estimate of drug-likeness (QED) is 0.892. The first-order valence-corrected chi connectivity index (χ1v) is 7.81. The summed E-state index contributed by atoms with van der Waals surface area (Å²) < 4.78 is 5.17. The average molecular weight is 306 g/mol. The summed E-state index contributed by atoms with van der Waals surface area (Å²) >= 11 is 0. The molecule has 122 valence electrons. The van der Waals surface area contributed by atoms with Crippen LogP contribution >= 0.6 is 0 Å². The molecule has 1 aromatic carbocycles. The Kier molecular flexibility index (Phi) is 5.80. The number of benzene rings is 1. The Morgan fingerprint density at radius 3 is 2.55 bits per heavy atom. The van der Waals surface area contributed by atoms with Gasteiger partial charge in [-0.15, -0.1) is 0 Å². The third-order valence-electron chi connectivity index (χ3n) is 4.17. The minimum atomic E-state index is -0.00134. The van der Waals surface area contributed by atoms with Gasteiger partial charge in [0, 0.05) is 32.1 Å². The first-order chi connectivity index (χ1) is 10.5. The Hall–Kier alpha value is -1.59. The number of carbonyl (C=O) groups excluding carboxylic acids is 1. The maximum Gasteiger partial charge on any atom is 0.225 e. The van der Waals surface area contributed by atoms with Crippen molar-refractivity contribution in [2.45, 2.75) is 26.4 Å². The summed E-state index contributed by atoms with van der Waals surface area (Å²) in [4.78, 5) is 16.2. The normalized spacial score (nSPS) is 19.5. The van der Waals surface area contributed by atoms with Crippen LogP contribution in [0.3, 0.4) is 0 Å². The second-order valence-electron chi connectivity index (χ2n) is 6.09. The van der Waals surface area contributed by atoms with Gasteiger partial charge in [0.25, 0.3) is 0 Å². The van der Waals surface area contributed by atoms with E-state index in [4.69, 9.17) is 4.74 Å². The van der Waals surface area contributed by atoms with Gasteiger partial charge in [-0.05, 0) is 17.7 Å². The molecule has 0 radical (unpaired) electrons. The van der Waals surface area contributed by atoms with E-state index in [0.29, 0.717) is 6.54 Å². The van der Waals surface area contributed by atoms with Gasteiger partial charge in [-0.1, -0.05) is 26.0 Å². The zero-order valence-corrected chi connectivity index (χ0v) is 13.7. The van der Waals surface area contributed by atoms with Crippen molar-refractivity contribution in [3.05, 3.63) is 29.8 Å². The molecule has 22 heavy (non-hydrogen) atoms. The van der Waals surface area contributed by atoms with Crippen molar-refractivity contribution in [3.8, 4) is 5.75 Å². The van der Waals surface area contributed by atoms with Crippen LogP contribution in [0.4, 0.5) is 0 Å². The molecule has 1 N–H and O–H groups in total. The molecule has 2 rings (SSSR count). The molecule has 0 saturated carbocycles. The molecule has 5 nitrogen and oxygen atoms in total. The highest BCUT2D eigenvalue weighted by atomic mass is 16.5. The van der Waals surface area contributed by atoms with E-state index < -0.39 is 0 Å². The summed E-state index contributed by atoms with van der Waals surface area (Å²) in [5.74, 6) is 1.02. The molecule has 1 unspecified atom stereocenters. The van der Waals surface area contributed by atoms with Gasteiger partial charge >= 0.3 is 0 Å². The number of rotatable bonds is 5. The van der Waals surface area contributed by atoms with Crippen LogP contribution in [0.25, 0.3) is 0 Å². The van der Waals surface area contributed by atoms with E-state index in [2.05, 4.69) is 4.90 Å². The standard InChI is InChI=1S/C17H26N2O3/c1-13(2)17(21)19-9-8-18(15(11-19)12-20)10-14-4-6-16(22-3)7-5-14/h4-7,13,15,20H,8-12H2,1-3H3. The maximum atomic E-state index is 12.1. The summed E-state index contributed by atoms with van der Waals surface area (Å²) in [6, 6.07) is 7.97. The summed E-state index contributed by atoms with van der Waals surface area (Å²) in [6.07, 6.45) is 0. The van der Waals surface area contributed by atoms with E-state index in [9.17, 15) is 9.90 Å². The molecule has 1 aromatic rings. The zero-order chi connectivity index (χ0) is 16.1. The van der Waals surface area contributed by atoms with Crippen LogP contribution in [-0.2, 0) is 11.3 Å². The zero-order valence-electron chi connectivity index (χ0n) is 13.7. The summed E-state index contributed by atoms with van der Waals surface area (Å²) in [6.45, 7) is 6.79. The minimum absolute atomic E-state index is 0.00134. The Morgan fingerprint density at radius 2 is 2.00 bits per heavy atom. The van der Waals surface area contributed by atoms with Crippen molar-refractivity contribution >= 4 is 5.91 Å². The highest BCUT2D eigenvalue weighted by Gasteiger charge is 2.29. The lowest BCUT2D eigenvalue weighted by molar-refractivity contribution is -0.138. The van der Waals surface area contributed by atoms with Crippen LogP contribution in [0.5, 0.6) is 5.75 Å². The maximum absolute atomic E-state index is 12.1. The number of methoxy groups -OCH3 is 1. The van der Waals surface area contributed by atoms with E-state index in [1.165, 1.54) is 5.56 Å².